The first kappa shape index (κ1) is 11.5. The number of hydrogen-bond donors (Lipinski definition) is 2. The number of halogens is 1. The van der Waals surface area contributed by atoms with Gasteiger partial charge in [0.05, 0.1) is 6.20 Å². The maximum atomic E-state index is 11.9. The van der Waals surface area contributed by atoms with Gasteiger partial charge in [-0.05, 0) is 31.5 Å². The van der Waals surface area contributed by atoms with Gasteiger partial charge >= 0.3 is 0 Å². The minimum atomic E-state index is -0.357. The Hall–Kier alpha value is -1.95. The molecular formula is C10H10ClN5O. The molecule has 2 aromatic heterocycles. The van der Waals surface area contributed by atoms with E-state index in [0.29, 0.717) is 11.5 Å². The molecule has 2 rings (SSSR count). The van der Waals surface area contributed by atoms with Gasteiger partial charge in [0.15, 0.2) is 0 Å². The zero-order valence-corrected chi connectivity index (χ0v) is 10.0. The maximum Gasteiger partial charge on any atom is 0.275 e. The monoisotopic (exact) mass is 251 g/mol. The molecule has 7 heteroatoms. The number of hydrogen-bond acceptors (Lipinski definition) is 4. The van der Waals surface area contributed by atoms with Gasteiger partial charge in [0.2, 0.25) is 5.28 Å². The van der Waals surface area contributed by atoms with Crippen LogP contribution >= 0.6 is 11.6 Å². The van der Waals surface area contributed by atoms with E-state index in [1.807, 2.05) is 6.92 Å². The highest BCUT2D eigenvalue weighted by Gasteiger charge is 2.12. The molecule has 0 saturated heterocycles. The molecular weight excluding hydrogens is 242 g/mol. The van der Waals surface area contributed by atoms with Crippen molar-refractivity contribution in [2.75, 3.05) is 5.32 Å². The molecule has 0 aromatic carbocycles. The van der Waals surface area contributed by atoms with Gasteiger partial charge in [-0.3, -0.25) is 9.89 Å². The summed E-state index contributed by atoms with van der Waals surface area (Å²) in [6.07, 6.45) is 1.62. The summed E-state index contributed by atoms with van der Waals surface area (Å²) < 4.78 is 0. The summed E-state index contributed by atoms with van der Waals surface area (Å²) in [5.41, 5.74) is 1.70. The molecule has 0 fully saturated rings. The number of aryl methyl sites for hydroxylation is 2. The first-order chi connectivity index (χ1) is 8.06. The van der Waals surface area contributed by atoms with Gasteiger partial charge in [-0.15, -0.1) is 0 Å². The Morgan fingerprint density at radius 2 is 2.18 bits per heavy atom. The van der Waals surface area contributed by atoms with Crippen molar-refractivity contribution in [3.63, 3.8) is 0 Å². The molecule has 88 valence electrons. The van der Waals surface area contributed by atoms with Crippen molar-refractivity contribution in [1.29, 1.82) is 0 Å². The van der Waals surface area contributed by atoms with Crippen molar-refractivity contribution in [3.8, 4) is 0 Å². The lowest BCUT2D eigenvalue weighted by Gasteiger charge is -2.04. The molecule has 0 saturated carbocycles. The average molecular weight is 252 g/mol. The predicted molar refractivity (Wildman–Crippen MR) is 63.1 cm³/mol. The molecule has 0 aliphatic rings. The minimum Gasteiger partial charge on any atom is -0.305 e. The lowest BCUT2D eigenvalue weighted by molar-refractivity contribution is 0.102. The number of amides is 1. The second-order valence-corrected chi connectivity index (χ2v) is 3.88. The molecule has 0 aliphatic heterocycles. The van der Waals surface area contributed by atoms with Crippen LogP contribution in [0.2, 0.25) is 5.28 Å². The van der Waals surface area contributed by atoms with Crippen molar-refractivity contribution >= 4 is 23.3 Å². The number of aromatic amines is 1. The SMILES string of the molecule is Cc1cc(C(=O)Nc2[nH]ncc2C)nc(Cl)n1. The fraction of sp³-hybridized carbons (Fsp3) is 0.200. The summed E-state index contributed by atoms with van der Waals surface area (Å²) in [5, 5.41) is 9.19. The standard InChI is InChI=1S/C10H10ClN5O/c1-5-4-12-16-8(5)15-9(17)7-3-6(2)13-10(11)14-7/h3-4H,1-2H3,(H2,12,15,16,17). The molecule has 17 heavy (non-hydrogen) atoms. The molecule has 0 atom stereocenters. The third-order valence-corrected chi connectivity index (χ3v) is 2.30. The number of carbonyl (C=O) groups is 1. The first-order valence-corrected chi connectivity index (χ1v) is 5.26. The Bertz CT molecular complexity index is 545. The van der Waals surface area contributed by atoms with Gasteiger partial charge in [-0.1, -0.05) is 0 Å². The highest BCUT2D eigenvalue weighted by Crippen LogP contribution is 2.11. The van der Waals surface area contributed by atoms with E-state index in [1.165, 1.54) is 0 Å². The number of rotatable bonds is 2. The summed E-state index contributed by atoms with van der Waals surface area (Å²) in [6.45, 7) is 3.57. The number of aromatic nitrogens is 4. The van der Waals surface area contributed by atoms with Crippen LogP contribution in [-0.4, -0.2) is 26.1 Å². The molecule has 6 nitrogen and oxygen atoms in total. The average Bonchev–Trinajstić information content (AvgIpc) is 2.63. The smallest absolute Gasteiger partial charge is 0.275 e. The van der Waals surface area contributed by atoms with Crippen molar-refractivity contribution in [2.45, 2.75) is 13.8 Å². The summed E-state index contributed by atoms with van der Waals surface area (Å²) >= 11 is 5.68. The Morgan fingerprint density at radius 1 is 1.41 bits per heavy atom. The zero-order valence-electron chi connectivity index (χ0n) is 9.28. The van der Waals surface area contributed by atoms with Gasteiger partial charge in [0.25, 0.3) is 5.91 Å². The highest BCUT2D eigenvalue weighted by molar-refractivity contribution is 6.28. The predicted octanol–water partition coefficient (Wildman–Crippen LogP) is 1.72. The number of H-pyrrole nitrogens is 1. The van der Waals surface area contributed by atoms with Crippen LogP contribution in [0.3, 0.4) is 0 Å². The van der Waals surface area contributed by atoms with Crippen LogP contribution in [0.15, 0.2) is 12.3 Å². The van der Waals surface area contributed by atoms with E-state index in [-0.39, 0.29) is 16.9 Å². The topological polar surface area (TPSA) is 83.6 Å². The zero-order chi connectivity index (χ0) is 12.4. The number of nitrogens with one attached hydrogen (secondary N) is 2. The Kier molecular flexibility index (Phi) is 3.06. The van der Waals surface area contributed by atoms with E-state index in [0.717, 1.165) is 5.56 Å². The summed E-state index contributed by atoms with van der Waals surface area (Å²) in [4.78, 5) is 19.6. The Balaban J connectivity index is 2.23. The second-order valence-electron chi connectivity index (χ2n) is 3.55. The quantitative estimate of drug-likeness (QED) is 0.796. The van der Waals surface area contributed by atoms with Crippen LogP contribution in [-0.2, 0) is 0 Å². The van der Waals surface area contributed by atoms with Crippen molar-refractivity contribution in [3.05, 3.63) is 34.5 Å². The molecule has 0 bridgehead atoms. The van der Waals surface area contributed by atoms with Gasteiger partial charge in [0, 0.05) is 11.3 Å². The third-order valence-electron chi connectivity index (χ3n) is 2.13. The van der Waals surface area contributed by atoms with E-state index in [2.05, 4.69) is 25.5 Å². The number of anilines is 1. The summed E-state index contributed by atoms with van der Waals surface area (Å²) in [6, 6.07) is 1.56. The Labute approximate surface area is 102 Å². The van der Waals surface area contributed by atoms with Gasteiger partial charge in [0.1, 0.15) is 11.5 Å². The molecule has 1 amide bonds. The van der Waals surface area contributed by atoms with E-state index in [4.69, 9.17) is 11.6 Å². The van der Waals surface area contributed by atoms with Crippen LogP contribution in [0.4, 0.5) is 5.82 Å². The second kappa shape index (κ2) is 4.50. The minimum absolute atomic E-state index is 0.0523. The summed E-state index contributed by atoms with van der Waals surface area (Å²) in [7, 11) is 0. The van der Waals surface area contributed by atoms with Gasteiger partial charge in [-0.2, -0.15) is 5.10 Å². The van der Waals surface area contributed by atoms with Crippen LogP contribution < -0.4 is 5.32 Å². The van der Waals surface area contributed by atoms with Crippen molar-refractivity contribution < 1.29 is 4.79 Å². The van der Waals surface area contributed by atoms with Gasteiger partial charge < -0.3 is 5.32 Å². The maximum absolute atomic E-state index is 11.9. The van der Waals surface area contributed by atoms with E-state index in [9.17, 15) is 4.79 Å². The molecule has 0 spiro atoms. The molecule has 0 aliphatic carbocycles. The van der Waals surface area contributed by atoms with E-state index in [1.54, 1.807) is 19.2 Å². The van der Waals surface area contributed by atoms with Crippen molar-refractivity contribution in [2.24, 2.45) is 0 Å². The molecule has 0 unspecified atom stereocenters. The normalized spacial score (nSPS) is 10.3. The summed E-state index contributed by atoms with van der Waals surface area (Å²) in [5.74, 6) is 0.187. The van der Waals surface area contributed by atoms with Crippen LogP contribution in [0.25, 0.3) is 0 Å². The molecule has 2 heterocycles. The fourth-order valence-corrected chi connectivity index (χ4v) is 1.52. The fourth-order valence-electron chi connectivity index (χ4n) is 1.30. The first-order valence-electron chi connectivity index (χ1n) is 4.89. The third kappa shape index (κ3) is 2.59. The lowest BCUT2D eigenvalue weighted by Crippen LogP contribution is -2.15. The van der Waals surface area contributed by atoms with Gasteiger partial charge in [-0.25, -0.2) is 9.97 Å². The van der Waals surface area contributed by atoms with Crippen LogP contribution in [0.1, 0.15) is 21.7 Å². The van der Waals surface area contributed by atoms with E-state index >= 15 is 0 Å². The van der Waals surface area contributed by atoms with Crippen LogP contribution in [0, 0.1) is 13.8 Å². The lowest BCUT2D eigenvalue weighted by atomic mass is 10.3. The molecule has 2 aromatic rings. The molecule has 0 radical (unpaired) electrons. The highest BCUT2D eigenvalue weighted by atomic mass is 35.5. The largest absolute Gasteiger partial charge is 0.305 e. The van der Waals surface area contributed by atoms with E-state index < -0.39 is 0 Å². The van der Waals surface area contributed by atoms with Crippen LogP contribution in [0.5, 0.6) is 0 Å². The number of nitrogens with zero attached hydrogens (tertiary/aromatic N) is 3. The molecule has 2 N–H and O–H groups in total. The number of carbonyl (C=O) groups excluding carboxylic acids is 1. The Morgan fingerprint density at radius 3 is 2.76 bits per heavy atom. The van der Waals surface area contributed by atoms with Crippen molar-refractivity contribution in [1.82, 2.24) is 20.2 Å².